The summed E-state index contributed by atoms with van der Waals surface area (Å²) in [6.07, 6.45) is 3.48. The smallest absolute Gasteiger partial charge is 0.0323 e. The van der Waals surface area contributed by atoms with E-state index in [1.807, 2.05) is 0 Å². The largest absolute Gasteiger partial charge is 0.303 e. The van der Waals surface area contributed by atoms with E-state index in [4.69, 9.17) is 0 Å². The summed E-state index contributed by atoms with van der Waals surface area (Å²) in [6.45, 7) is 6.71. The van der Waals surface area contributed by atoms with E-state index < -0.39 is 0 Å². The highest BCUT2D eigenvalue weighted by molar-refractivity contribution is 5.26. The zero-order valence-electron chi connectivity index (χ0n) is 13.5. The van der Waals surface area contributed by atoms with E-state index in [1.54, 1.807) is 0 Å². The van der Waals surface area contributed by atoms with E-state index >= 15 is 0 Å². The van der Waals surface area contributed by atoms with Crippen LogP contribution in [0.4, 0.5) is 0 Å². The molecule has 2 aromatic carbocycles. The molecule has 0 aromatic heterocycles. The quantitative estimate of drug-likeness (QED) is 0.712. The molecule has 0 radical (unpaired) electrons. The predicted molar refractivity (Wildman–Crippen MR) is 91.5 cm³/mol. The zero-order chi connectivity index (χ0) is 15.1. The minimum Gasteiger partial charge on any atom is -0.303 e. The summed E-state index contributed by atoms with van der Waals surface area (Å²) in [5.74, 6) is 0. The lowest BCUT2D eigenvalue weighted by Crippen LogP contribution is -2.24. The standard InChI is InChI=1S/C20H27N/c1-4-9-17-12-14-18(15-13-17)16(3)21-20(5-2)19-10-7-6-8-11-19/h6-8,10-16,20-21H,4-5,9H2,1-3H3. The van der Waals surface area contributed by atoms with Gasteiger partial charge in [-0.15, -0.1) is 0 Å². The molecule has 1 nitrogen and oxygen atoms in total. The van der Waals surface area contributed by atoms with Crippen LogP contribution in [0, 0.1) is 0 Å². The average Bonchev–Trinajstić information content (AvgIpc) is 2.54. The third-order valence-corrected chi connectivity index (χ3v) is 4.08. The van der Waals surface area contributed by atoms with Crippen molar-refractivity contribution in [3.05, 3.63) is 71.3 Å². The molecule has 0 fully saturated rings. The number of hydrogen-bond acceptors (Lipinski definition) is 1. The Hall–Kier alpha value is -1.60. The van der Waals surface area contributed by atoms with Crippen molar-refractivity contribution in [3.63, 3.8) is 0 Å². The molecule has 0 aliphatic rings. The number of hydrogen-bond donors (Lipinski definition) is 1. The predicted octanol–water partition coefficient (Wildman–Crippen LogP) is 5.44. The van der Waals surface area contributed by atoms with Gasteiger partial charge in [-0.25, -0.2) is 0 Å². The summed E-state index contributed by atoms with van der Waals surface area (Å²) in [5.41, 5.74) is 4.17. The Morgan fingerprint density at radius 1 is 0.857 bits per heavy atom. The molecule has 2 aromatic rings. The summed E-state index contributed by atoms with van der Waals surface area (Å²) < 4.78 is 0. The van der Waals surface area contributed by atoms with Crippen LogP contribution < -0.4 is 5.32 Å². The molecular weight excluding hydrogens is 254 g/mol. The highest BCUT2D eigenvalue weighted by atomic mass is 14.9. The zero-order valence-corrected chi connectivity index (χ0v) is 13.5. The molecule has 112 valence electrons. The van der Waals surface area contributed by atoms with Crippen molar-refractivity contribution in [1.29, 1.82) is 0 Å². The molecule has 2 rings (SSSR count). The maximum atomic E-state index is 3.75. The summed E-state index contributed by atoms with van der Waals surface area (Å²) in [7, 11) is 0. The van der Waals surface area contributed by atoms with Crippen LogP contribution >= 0.6 is 0 Å². The first kappa shape index (κ1) is 15.8. The second kappa shape index (κ2) is 7.99. The first-order chi connectivity index (χ1) is 10.2. The maximum Gasteiger partial charge on any atom is 0.0323 e. The van der Waals surface area contributed by atoms with E-state index in [-0.39, 0.29) is 0 Å². The van der Waals surface area contributed by atoms with Gasteiger partial charge in [-0.05, 0) is 36.5 Å². The van der Waals surface area contributed by atoms with Crippen molar-refractivity contribution in [2.75, 3.05) is 0 Å². The van der Waals surface area contributed by atoms with Crippen LogP contribution in [0.15, 0.2) is 54.6 Å². The Kier molecular flexibility index (Phi) is 6.01. The van der Waals surface area contributed by atoms with Crippen molar-refractivity contribution in [2.45, 2.75) is 52.1 Å². The summed E-state index contributed by atoms with van der Waals surface area (Å²) in [4.78, 5) is 0. The Morgan fingerprint density at radius 3 is 2.10 bits per heavy atom. The SMILES string of the molecule is CCCc1ccc(C(C)NC(CC)c2ccccc2)cc1. The lowest BCUT2D eigenvalue weighted by atomic mass is 10.00. The van der Waals surface area contributed by atoms with E-state index in [1.165, 1.54) is 29.5 Å². The Labute approximate surface area is 129 Å². The van der Waals surface area contributed by atoms with Crippen LogP contribution in [0.2, 0.25) is 0 Å². The Morgan fingerprint density at radius 2 is 1.52 bits per heavy atom. The van der Waals surface area contributed by atoms with E-state index in [0.29, 0.717) is 12.1 Å². The second-order valence-electron chi connectivity index (χ2n) is 5.75. The summed E-state index contributed by atoms with van der Waals surface area (Å²) in [5, 5.41) is 3.75. The van der Waals surface area contributed by atoms with E-state index in [0.717, 1.165) is 6.42 Å². The molecule has 0 saturated carbocycles. The first-order valence-electron chi connectivity index (χ1n) is 8.14. The van der Waals surface area contributed by atoms with Gasteiger partial charge in [0.05, 0.1) is 0 Å². The molecule has 0 saturated heterocycles. The molecule has 21 heavy (non-hydrogen) atoms. The fraction of sp³-hybridized carbons (Fsp3) is 0.400. The van der Waals surface area contributed by atoms with Crippen LogP contribution in [0.25, 0.3) is 0 Å². The highest BCUT2D eigenvalue weighted by Gasteiger charge is 2.13. The molecule has 0 aliphatic carbocycles. The van der Waals surface area contributed by atoms with Gasteiger partial charge in [-0.1, -0.05) is 74.9 Å². The topological polar surface area (TPSA) is 12.0 Å². The van der Waals surface area contributed by atoms with Gasteiger partial charge in [-0.2, -0.15) is 0 Å². The fourth-order valence-corrected chi connectivity index (χ4v) is 2.79. The summed E-state index contributed by atoms with van der Waals surface area (Å²) in [6, 6.07) is 20.6. The average molecular weight is 281 g/mol. The van der Waals surface area contributed by atoms with Crippen molar-refractivity contribution >= 4 is 0 Å². The Balaban J connectivity index is 2.03. The molecule has 0 bridgehead atoms. The van der Waals surface area contributed by atoms with Gasteiger partial charge in [0.25, 0.3) is 0 Å². The van der Waals surface area contributed by atoms with Crippen LogP contribution in [-0.2, 0) is 6.42 Å². The van der Waals surface area contributed by atoms with Crippen molar-refractivity contribution in [2.24, 2.45) is 0 Å². The van der Waals surface area contributed by atoms with Gasteiger partial charge in [0.2, 0.25) is 0 Å². The van der Waals surface area contributed by atoms with Crippen molar-refractivity contribution in [3.8, 4) is 0 Å². The number of nitrogens with one attached hydrogen (secondary N) is 1. The molecule has 1 N–H and O–H groups in total. The lowest BCUT2D eigenvalue weighted by Gasteiger charge is -2.23. The minimum atomic E-state index is 0.367. The van der Waals surface area contributed by atoms with Crippen molar-refractivity contribution < 1.29 is 0 Å². The van der Waals surface area contributed by atoms with Gasteiger partial charge in [0.1, 0.15) is 0 Å². The van der Waals surface area contributed by atoms with Crippen LogP contribution in [0.3, 0.4) is 0 Å². The molecule has 2 unspecified atom stereocenters. The van der Waals surface area contributed by atoms with Gasteiger partial charge in [0.15, 0.2) is 0 Å². The molecule has 0 spiro atoms. The normalized spacial score (nSPS) is 13.9. The molecule has 0 aliphatic heterocycles. The lowest BCUT2D eigenvalue weighted by molar-refractivity contribution is 0.456. The third kappa shape index (κ3) is 4.44. The van der Waals surface area contributed by atoms with Gasteiger partial charge < -0.3 is 5.32 Å². The second-order valence-corrected chi connectivity index (χ2v) is 5.75. The van der Waals surface area contributed by atoms with Crippen LogP contribution in [-0.4, -0.2) is 0 Å². The Bertz CT molecular complexity index is 515. The van der Waals surface area contributed by atoms with Crippen molar-refractivity contribution in [1.82, 2.24) is 5.32 Å². The number of benzene rings is 2. The molecule has 1 heteroatoms. The van der Waals surface area contributed by atoms with Crippen LogP contribution in [0.1, 0.15) is 62.4 Å². The van der Waals surface area contributed by atoms with Crippen LogP contribution in [0.5, 0.6) is 0 Å². The molecule has 2 atom stereocenters. The molecule has 0 heterocycles. The van der Waals surface area contributed by atoms with Gasteiger partial charge in [-0.3, -0.25) is 0 Å². The van der Waals surface area contributed by atoms with E-state index in [9.17, 15) is 0 Å². The number of aryl methyl sites for hydroxylation is 1. The fourth-order valence-electron chi connectivity index (χ4n) is 2.79. The van der Waals surface area contributed by atoms with Gasteiger partial charge >= 0.3 is 0 Å². The van der Waals surface area contributed by atoms with Gasteiger partial charge in [0, 0.05) is 12.1 Å². The highest BCUT2D eigenvalue weighted by Crippen LogP contribution is 2.22. The maximum absolute atomic E-state index is 3.75. The summed E-state index contributed by atoms with van der Waals surface area (Å²) >= 11 is 0. The number of rotatable bonds is 7. The third-order valence-electron chi connectivity index (χ3n) is 4.08. The van der Waals surface area contributed by atoms with E-state index in [2.05, 4.69) is 80.7 Å². The minimum absolute atomic E-state index is 0.367. The molecular formula is C20H27N. The molecule has 0 amide bonds. The monoisotopic (exact) mass is 281 g/mol. The first-order valence-corrected chi connectivity index (χ1v) is 8.14.